The number of amides is 2. The van der Waals surface area contributed by atoms with E-state index in [2.05, 4.69) is 10.3 Å². The summed E-state index contributed by atoms with van der Waals surface area (Å²) in [6, 6.07) is 3.86. The van der Waals surface area contributed by atoms with Crippen molar-refractivity contribution in [3.05, 3.63) is 30.1 Å². The third kappa shape index (κ3) is 10.8. The van der Waals surface area contributed by atoms with Gasteiger partial charge in [-0.1, -0.05) is 0 Å². The normalized spacial score (nSPS) is 18.3. The van der Waals surface area contributed by atoms with E-state index in [4.69, 9.17) is 19.3 Å². The molecule has 45 heavy (non-hydrogen) atoms. The Morgan fingerprint density at radius 2 is 1.71 bits per heavy atom. The molecule has 2 aromatic heterocycles. The number of aliphatic hydroxyl groups is 1. The fourth-order valence-electron chi connectivity index (χ4n) is 4.97. The van der Waals surface area contributed by atoms with E-state index in [-0.39, 0.29) is 17.5 Å². The number of rotatable bonds is 9. The van der Waals surface area contributed by atoms with Gasteiger partial charge in [-0.25, -0.2) is 32.9 Å². The van der Waals surface area contributed by atoms with Crippen molar-refractivity contribution in [3.63, 3.8) is 0 Å². The Morgan fingerprint density at radius 3 is 2.27 bits per heavy atom. The molecule has 0 radical (unpaired) electrons. The Hall–Kier alpha value is -3.48. The van der Waals surface area contributed by atoms with Gasteiger partial charge in [0.1, 0.15) is 17.0 Å². The van der Waals surface area contributed by atoms with E-state index in [0.29, 0.717) is 18.7 Å². The predicted octanol–water partition coefficient (Wildman–Crippen LogP) is 7.05. The molecular formula is C32H49F2N5O6. The van der Waals surface area contributed by atoms with E-state index in [1.54, 1.807) is 52.3 Å². The molecule has 2 aromatic rings. The average molecular weight is 638 g/mol. The minimum atomic E-state index is -3.32. The zero-order chi connectivity index (χ0) is 34.0. The molecule has 13 heteroatoms. The maximum absolute atomic E-state index is 14.9. The van der Waals surface area contributed by atoms with Crippen LogP contribution in [-0.4, -0.2) is 67.9 Å². The van der Waals surface area contributed by atoms with Crippen LogP contribution in [0.25, 0.3) is 0 Å². The molecular weight excluding hydrogens is 588 g/mol. The Bertz CT molecular complexity index is 1330. The van der Waals surface area contributed by atoms with Crippen LogP contribution >= 0.6 is 0 Å². The molecule has 1 aliphatic rings. The van der Waals surface area contributed by atoms with Crippen LogP contribution < -0.4 is 15.0 Å². The number of hydrogen-bond donors (Lipinski definition) is 2. The second-order valence-electron chi connectivity index (χ2n) is 14.7. The number of carbonyl (C=O) groups is 2. The lowest BCUT2D eigenvalue weighted by molar-refractivity contribution is -0.0548. The van der Waals surface area contributed by atoms with Gasteiger partial charge < -0.3 is 24.6 Å². The van der Waals surface area contributed by atoms with E-state index in [0.717, 1.165) is 12.1 Å². The van der Waals surface area contributed by atoms with Gasteiger partial charge in [-0.2, -0.15) is 5.10 Å². The molecule has 0 aromatic carbocycles. The molecule has 2 N–H and O–H groups in total. The second kappa shape index (κ2) is 13.5. The summed E-state index contributed by atoms with van der Waals surface area (Å²) in [6.07, 6.45) is 0.777. The molecule has 2 amide bonds. The highest BCUT2D eigenvalue weighted by Crippen LogP contribution is 2.39. The van der Waals surface area contributed by atoms with Crippen LogP contribution in [-0.2, 0) is 15.0 Å². The molecule has 2 heterocycles. The van der Waals surface area contributed by atoms with E-state index in [1.165, 1.54) is 24.1 Å². The Balaban J connectivity index is 1.89. The van der Waals surface area contributed by atoms with Crippen molar-refractivity contribution in [1.82, 2.24) is 20.1 Å². The Labute approximate surface area is 264 Å². The van der Waals surface area contributed by atoms with Crippen molar-refractivity contribution in [2.45, 2.75) is 136 Å². The maximum Gasteiger partial charge on any atom is 0.420 e. The third-order valence-corrected chi connectivity index (χ3v) is 6.75. The number of nitrogens with one attached hydrogen (secondary N) is 1. The number of hydrogen-bond acceptors (Lipinski definition) is 8. The number of carbonyl (C=O) groups excluding carboxylic acids is 2. The SMILES string of the molecule is C[C@@H](CC(F)(F)COc1cc(N(C(=O)OC(C)(C)C)c2cc([C@H]3CC[C@@H](O)C3)nn2C(C)(C)C)ccn1)NC(=O)OC(C)(C)C. The van der Waals surface area contributed by atoms with Gasteiger partial charge >= 0.3 is 12.2 Å². The standard InChI is InChI=1S/C32H49F2N5O6/c1-20(36-27(41)44-30(5,6)7)18-32(33,34)19-43-25-16-22(13-14-35-25)38(28(42)45-31(8,9)10)26-17-24(21-11-12-23(40)15-21)37-39(26)29(2,3)4/h13-14,16-17,20-21,23,40H,11-12,15,18-19H2,1-10H3,(H,36,41)/t20-,21-,23+/m0/s1. The molecule has 3 atom stereocenters. The quantitative estimate of drug-likeness (QED) is 0.299. The predicted molar refractivity (Wildman–Crippen MR) is 166 cm³/mol. The summed E-state index contributed by atoms with van der Waals surface area (Å²) in [5, 5.41) is 17.4. The van der Waals surface area contributed by atoms with Gasteiger partial charge in [0.05, 0.1) is 23.0 Å². The van der Waals surface area contributed by atoms with Gasteiger partial charge in [0, 0.05) is 36.7 Å². The fourth-order valence-corrected chi connectivity index (χ4v) is 4.97. The highest BCUT2D eigenvalue weighted by Gasteiger charge is 2.36. The summed E-state index contributed by atoms with van der Waals surface area (Å²) in [5.74, 6) is -3.01. The van der Waals surface area contributed by atoms with Crippen molar-refractivity contribution in [3.8, 4) is 5.88 Å². The number of ether oxygens (including phenoxy) is 3. The number of anilines is 2. The van der Waals surface area contributed by atoms with E-state index in [1.807, 2.05) is 26.8 Å². The molecule has 0 spiro atoms. The highest BCUT2D eigenvalue weighted by atomic mass is 19.3. The van der Waals surface area contributed by atoms with Crippen molar-refractivity contribution >= 4 is 23.7 Å². The topological polar surface area (TPSA) is 128 Å². The summed E-state index contributed by atoms with van der Waals surface area (Å²) in [6.45, 7) is 16.6. The molecule has 0 saturated heterocycles. The largest absolute Gasteiger partial charge is 0.471 e. The van der Waals surface area contributed by atoms with Crippen LogP contribution in [0.1, 0.15) is 107 Å². The van der Waals surface area contributed by atoms with Gasteiger partial charge in [-0.15, -0.1) is 0 Å². The second-order valence-corrected chi connectivity index (χ2v) is 14.7. The van der Waals surface area contributed by atoms with Crippen molar-refractivity contribution in [1.29, 1.82) is 0 Å². The number of alkyl carbamates (subject to hydrolysis) is 1. The van der Waals surface area contributed by atoms with E-state index < -0.39 is 60.0 Å². The van der Waals surface area contributed by atoms with Crippen molar-refractivity contribution in [2.75, 3.05) is 11.5 Å². The first-order chi connectivity index (χ1) is 20.5. The van der Waals surface area contributed by atoms with Gasteiger partial charge in [0.15, 0.2) is 6.61 Å². The number of halogens is 2. The van der Waals surface area contributed by atoms with Gasteiger partial charge in [0.25, 0.3) is 5.92 Å². The van der Waals surface area contributed by atoms with Crippen LogP contribution in [0, 0.1) is 0 Å². The third-order valence-electron chi connectivity index (χ3n) is 6.75. The summed E-state index contributed by atoms with van der Waals surface area (Å²) in [7, 11) is 0. The smallest absolute Gasteiger partial charge is 0.420 e. The summed E-state index contributed by atoms with van der Waals surface area (Å²) in [5.41, 5.74) is -1.13. The number of alkyl halides is 2. The van der Waals surface area contributed by atoms with Crippen LogP contribution in [0.4, 0.5) is 29.9 Å². The first-order valence-corrected chi connectivity index (χ1v) is 15.3. The van der Waals surface area contributed by atoms with Crippen molar-refractivity contribution < 1.29 is 37.7 Å². The Morgan fingerprint density at radius 1 is 1.07 bits per heavy atom. The summed E-state index contributed by atoms with van der Waals surface area (Å²) in [4.78, 5) is 31.2. The number of pyridine rings is 1. The lowest BCUT2D eigenvalue weighted by Gasteiger charge is -2.30. The van der Waals surface area contributed by atoms with Crippen LogP contribution in [0.2, 0.25) is 0 Å². The van der Waals surface area contributed by atoms with Gasteiger partial charge in [-0.05, 0) is 94.6 Å². The van der Waals surface area contributed by atoms with E-state index >= 15 is 0 Å². The lowest BCUT2D eigenvalue weighted by atomic mass is 10.0. The molecule has 252 valence electrons. The maximum atomic E-state index is 14.9. The molecule has 1 aliphatic carbocycles. The van der Waals surface area contributed by atoms with E-state index in [9.17, 15) is 23.5 Å². The fraction of sp³-hybridized carbons (Fsp3) is 0.688. The van der Waals surface area contributed by atoms with Gasteiger partial charge in [0.2, 0.25) is 5.88 Å². The molecule has 11 nitrogen and oxygen atoms in total. The molecule has 1 saturated carbocycles. The minimum absolute atomic E-state index is 0.0219. The van der Waals surface area contributed by atoms with Gasteiger partial charge in [-0.3, -0.25) is 0 Å². The average Bonchev–Trinajstić information content (AvgIpc) is 3.47. The molecule has 0 aliphatic heterocycles. The molecule has 0 unspecified atom stereocenters. The summed E-state index contributed by atoms with van der Waals surface area (Å²) < 4.78 is 47.8. The molecule has 1 fully saturated rings. The van der Waals surface area contributed by atoms with Crippen LogP contribution in [0.3, 0.4) is 0 Å². The monoisotopic (exact) mass is 637 g/mol. The van der Waals surface area contributed by atoms with Crippen molar-refractivity contribution in [2.24, 2.45) is 0 Å². The molecule has 0 bridgehead atoms. The van der Waals surface area contributed by atoms with Crippen LogP contribution in [0.5, 0.6) is 5.88 Å². The molecule has 3 rings (SSSR count). The minimum Gasteiger partial charge on any atom is -0.471 e. The zero-order valence-electron chi connectivity index (χ0n) is 28.1. The summed E-state index contributed by atoms with van der Waals surface area (Å²) >= 11 is 0. The number of nitrogens with zero attached hydrogens (tertiary/aromatic N) is 4. The lowest BCUT2D eigenvalue weighted by Crippen LogP contribution is -2.41. The number of aromatic nitrogens is 3. The number of aliphatic hydroxyl groups excluding tert-OH is 1. The zero-order valence-corrected chi connectivity index (χ0v) is 28.1. The highest BCUT2D eigenvalue weighted by molar-refractivity contribution is 5.95. The first-order valence-electron chi connectivity index (χ1n) is 15.3. The Kier molecular flexibility index (Phi) is 10.8. The van der Waals surface area contributed by atoms with Crippen LogP contribution in [0.15, 0.2) is 24.4 Å². The first kappa shape index (κ1) is 36.0.